The molecule has 0 aliphatic carbocycles. The second kappa shape index (κ2) is 7.16. The molecule has 1 atom stereocenters. The maximum absolute atomic E-state index is 5.43. The Morgan fingerprint density at radius 1 is 1.44 bits per heavy atom. The highest BCUT2D eigenvalue weighted by molar-refractivity contribution is 7.05. The predicted octanol–water partition coefficient (Wildman–Crippen LogP) is 2.57. The van der Waals surface area contributed by atoms with Gasteiger partial charge in [0.2, 0.25) is 0 Å². The maximum Gasteiger partial charge on any atom is 0.0803 e. The van der Waals surface area contributed by atoms with E-state index in [0.29, 0.717) is 6.04 Å². The van der Waals surface area contributed by atoms with E-state index in [-0.39, 0.29) is 0 Å². The van der Waals surface area contributed by atoms with E-state index in [1.807, 2.05) is 7.05 Å². The van der Waals surface area contributed by atoms with Crippen LogP contribution in [0.15, 0.2) is 0 Å². The van der Waals surface area contributed by atoms with Crippen molar-refractivity contribution in [3.8, 4) is 0 Å². The number of rotatable bonds is 6. The molecule has 0 aromatic carbocycles. The van der Waals surface area contributed by atoms with Gasteiger partial charge in [-0.25, -0.2) is 0 Å². The summed E-state index contributed by atoms with van der Waals surface area (Å²) >= 11 is 1.56. The van der Waals surface area contributed by atoms with Crippen molar-refractivity contribution in [1.29, 1.82) is 0 Å². The molecule has 0 bridgehead atoms. The van der Waals surface area contributed by atoms with Crippen LogP contribution >= 0.6 is 11.5 Å². The molecule has 2 rings (SSSR count). The molecule has 1 saturated heterocycles. The highest BCUT2D eigenvalue weighted by atomic mass is 32.1. The van der Waals surface area contributed by atoms with Crippen LogP contribution in [0.2, 0.25) is 0 Å². The maximum atomic E-state index is 5.43. The van der Waals surface area contributed by atoms with Gasteiger partial charge in [-0.3, -0.25) is 0 Å². The summed E-state index contributed by atoms with van der Waals surface area (Å²) in [6.07, 6.45) is 5.73. The van der Waals surface area contributed by atoms with Crippen LogP contribution in [0.25, 0.3) is 0 Å². The Kier molecular flexibility index (Phi) is 5.53. The van der Waals surface area contributed by atoms with Crippen LogP contribution < -0.4 is 5.32 Å². The fourth-order valence-electron chi connectivity index (χ4n) is 2.56. The highest BCUT2D eigenvalue weighted by Gasteiger charge is 2.23. The standard InChI is InChI=1S/C13H23N3OS/c1-3-4-11-13(18-16-15-11)12(14-2)9-10-5-7-17-8-6-10/h10,12,14H,3-9H2,1-2H3. The van der Waals surface area contributed by atoms with Gasteiger partial charge in [0.1, 0.15) is 0 Å². The van der Waals surface area contributed by atoms with Gasteiger partial charge in [-0.15, -0.1) is 5.10 Å². The van der Waals surface area contributed by atoms with Gasteiger partial charge in [0.05, 0.1) is 10.6 Å². The molecule has 1 N–H and O–H groups in total. The van der Waals surface area contributed by atoms with Crippen LogP contribution in [-0.2, 0) is 11.2 Å². The molecule has 4 nitrogen and oxygen atoms in total. The Hall–Kier alpha value is -0.520. The average Bonchev–Trinajstić information content (AvgIpc) is 2.86. The highest BCUT2D eigenvalue weighted by Crippen LogP contribution is 2.30. The number of aromatic nitrogens is 2. The summed E-state index contributed by atoms with van der Waals surface area (Å²) in [7, 11) is 2.04. The first-order chi connectivity index (χ1) is 8.85. The number of hydrogen-bond acceptors (Lipinski definition) is 5. The summed E-state index contributed by atoms with van der Waals surface area (Å²) < 4.78 is 9.56. The van der Waals surface area contributed by atoms with Crippen LogP contribution in [0, 0.1) is 5.92 Å². The number of nitrogens with zero attached hydrogens (tertiary/aromatic N) is 2. The first-order valence-corrected chi connectivity index (χ1v) is 7.68. The summed E-state index contributed by atoms with van der Waals surface area (Å²) in [6, 6.07) is 0.412. The van der Waals surface area contributed by atoms with E-state index in [1.54, 1.807) is 11.5 Å². The number of hydrogen-bond donors (Lipinski definition) is 1. The van der Waals surface area contributed by atoms with Gasteiger partial charge in [-0.1, -0.05) is 17.8 Å². The SMILES string of the molecule is CCCc1nnsc1C(CC1CCOCC1)NC. The van der Waals surface area contributed by atoms with E-state index in [1.165, 1.54) is 29.8 Å². The van der Waals surface area contributed by atoms with Crippen molar-refractivity contribution >= 4 is 11.5 Å². The Bertz CT molecular complexity index is 350. The zero-order valence-corrected chi connectivity index (χ0v) is 12.1. The summed E-state index contributed by atoms with van der Waals surface area (Å²) in [5.74, 6) is 0.771. The Morgan fingerprint density at radius 3 is 2.89 bits per heavy atom. The van der Waals surface area contributed by atoms with Gasteiger partial charge in [0, 0.05) is 19.3 Å². The van der Waals surface area contributed by atoms with Crippen molar-refractivity contribution in [2.24, 2.45) is 5.92 Å². The Balaban J connectivity index is 2.00. The fraction of sp³-hybridized carbons (Fsp3) is 0.846. The average molecular weight is 269 g/mol. The topological polar surface area (TPSA) is 47.0 Å². The molecule has 1 fully saturated rings. The monoisotopic (exact) mass is 269 g/mol. The minimum absolute atomic E-state index is 0.412. The van der Waals surface area contributed by atoms with E-state index in [9.17, 15) is 0 Å². The Morgan fingerprint density at radius 2 is 2.22 bits per heavy atom. The molecule has 0 spiro atoms. The number of ether oxygens (including phenoxy) is 1. The molecular formula is C13H23N3OS. The normalized spacial score (nSPS) is 19.0. The van der Waals surface area contributed by atoms with E-state index in [4.69, 9.17) is 4.74 Å². The summed E-state index contributed by atoms with van der Waals surface area (Å²) in [4.78, 5) is 1.34. The molecule has 102 valence electrons. The summed E-state index contributed by atoms with van der Waals surface area (Å²) in [5, 5.41) is 7.71. The van der Waals surface area contributed by atoms with Gasteiger partial charge in [0.15, 0.2) is 0 Å². The molecule has 1 aromatic heterocycles. The molecule has 18 heavy (non-hydrogen) atoms. The molecule has 1 aromatic rings. The predicted molar refractivity (Wildman–Crippen MR) is 73.9 cm³/mol. The third-order valence-electron chi connectivity index (χ3n) is 3.65. The van der Waals surface area contributed by atoms with Crippen molar-refractivity contribution in [3.05, 3.63) is 10.6 Å². The summed E-state index contributed by atoms with van der Waals surface area (Å²) in [6.45, 7) is 4.03. The van der Waals surface area contributed by atoms with Crippen LogP contribution in [0.5, 0.6) is 0 Å². The molecular weight excluding hydrogens is 246 g/mol. The van der Waals surface area contributed by atoms with E-state index in [0.717, 1.165) is 32.0 Å². The molecule has 0 radical (unpaired) electrons. The molecule has 1 aliphatic heterocycles. The lowest BCUT2D eigenvalue weighted by atomic mass is 9.91. The largest absolute Gasteiger partial charge is 0.381 e. The number of nitrogens with one attached hydrogen (secondary N) is 1. The van der Waals surface area contributed by atoms with Gasteiger partial charge in [-0.05, 0) is 50.2 Å². The second-order valence-electron chi connectivity index (χ2n) is 4.97. The summed E-state index contributed by atoms with van der Waals surface area (Å²) in [5.41, 5.74) is 1.19. The van der Waals surface area contributed by atoms with Crippen molar-refractivity contribution in [2.75, 3.05) is 20.3 Å². The van der Waals surface area contributed by atoms with E-state index in [2.05, 4.69) is 21.8 Å². The molecule has 0 amide bonds. The second-order valence-corrected chi connectivity index (χ2v) is 5.75. The number of aryl methyl sites for hydroxylation is 1. The van der Waals surface area contributed by atoms with Gasteiger partial charge in [-0.2, -0.15) is 0 Å². The third-order valence-corrected chi connectivity index (χ3v) is 4.53. The van der Waals surface area contributed by atoms with E-state index >= 15 is 0 Å². The zero-order chi connectivity index (χ0) is 12.8. The van der Waals surface area contributed by atoms with Crippen LogP contribution in [0.1, 0.15) is 49.2 Å². The van der Waals surface area contributed by atoms with Crippen LogP contribution in [0.3, 0.4) is 0 Å². The van der Waals surface area contributed by atoms with Crippen molar-refractivity contribution in [1.82, 2.24) is 14.9 Å². The molecule has 1 unspecified atom stereocenters. The first kappa shape index (κ1) is 13.9. The lowest BCUT2D eigenvalue weighted by molar-refractivity contribution is 0.0609. The van der Waals surface area contributed by atoms with Gasteiger partial charge in [0.25, 0.3) is 0 Å². The quantitative estimate of drug-likeness (QED) is 0.862. The lowest BCUT2D eigenvalue weighted by Gasteiger charge is -2.26. The van der Waals surface area contributed by atoms with Crippen LogP contribution in [-0.4, -0.2) is 29.8 Å². The minimum atomic E-state index is 0.412. The molecule has 2 heterocycles. The van der Waals surface area contributed by atoms with Crippen molar-refractivity contribution in [3.63, 3.8) is 0 Å². The third kappa shape index (κ3) is 3.49. The minimum Gasteiger partial charge on any atom is -0.381 e. The molecule has 0 saturated carbocycles. The Labute approximate surface area is 113 Å². The van der Waals surface area contributed by atoms with Crippen LogP contribution in [0.4, 0.5) is 0 Å². The van der Waals surface area contributed by atoms with Crippen molar-refractivity contribution in [2.45, 2.75) is 45.1 Å². The molecule has 1 aliphatic rings. The zero-order valence-electron chi connectivity index (χ0n) is 11.3. The lowest BCUT2D eigenvalue weighted by Crippen LogP contribution is -2.24. The van der Waals surface area contributed by atoms with Crippen molar-refractivity contribution < 1.29 is 4.74 Å². The van der Waals surface area contributed by atoms with Gasteiger partial charge >= 0.3 is 0 Å². The van der Waals surface area contributed by atoms with Gasteiger partial charge < -0.3 is 10.1 Å². The molecule has 5 heteroatoms. The smallest absolute Gasteiger partial charge is 0.0803 e. The van der Waals surface area contributed by atoms with E-state index < -0.39 is 0 Å². The first-order valence-electron chi connectivity index (χ1n) is 6.91. The fourth-order valence-corrected chi connectivity index (χ4v) is 3.38.